The second-order valence-electron chi connectivity index (χ2n) is 17.5. The molecule has 298 valence electrons. The molecular formula is C36H63O14S-. The van der Waals surface area contributed by atoms with Gasteiger partial charge in [0.05, 0.1) is 43.2 Å². The van der Waals surface area contributed by atoms with E-state index in [2.05, 4.69) is 20.8 Å². The van der Waals surface area contributed by atoms with Crippen LogP contribution in [0.15, 0.2) is 0 Å². The molecule has 1 heterocycles. The molecule has 0 aromatic heterocycles. The summed E-state index contributed by atoms with van der Waals surface area (Å²) in [5.74, 6) is -1.55. The van der Waals surface area contributed by atoms with Crippen LogP contribution in [-0.2, 0) is 28.8 Å². The molecule has 4 saturated carbocycles. The molecule has 4 aliphatic carbocycles. The molecule has 5 fully saturated rings. The molecule has 5 rings (SSSR count). The molecule has 18 atom stereocenters. The molecule has 14 nitrogen and oxygen atoms in total. The van der Waals surface area contributed by atoms with Crippen molar-refractivity contribution < 1.29 is 67.1 Å². The Morgan fingerprint density at radius 3 is 2.20 bits per heavy atom. The van der Waals surface area contributed by atoms with Gasteiger partial charge in [0, 0.05) is 19.4 Å². The van der Waals surface area contributed by atoms with Gasteiger partial charge in [-0.2, -0.15) is 0 Å². The van der Waals surface area contributed by atoms with E-state index in [1.165, 1.54) is 7.11 Å². The van der Waals surface area contributed by atoms with Crippen LogP contribution in [0.1, 0.15) is 92.4 Å². The smallest absolute Gasteiger partial charge is 0.217 e. The number of rotatable bonds is 14. The zero-order valence-electron chi connectivity index (χ0n) is 30.9. The highest BCUT2D eigenvalue weighted by molar-refractivity contribution is 7.80. The third kappa shape index (κ3) is 7.68. The first-order valence-electron chi connectivity index (χ1n) is 18.9. The lowest BCUT2D eigenvalue weighted by Crippen LogP contribution is -2.69. The summed E-state index contributed by atoms with van der Waals surface area (Å²) in [6.45, 7) is 10.2. The van der Waals surface area contributed by atoms with Crippen molar-refractivity contribution in [3.8, 4) is 0 Å². The zero-order valence-corrected chi connectivity index (χ0v) is 31.7. The van der Waals surface area contributed by atoms with E-state index in [4.69, 9.17) is 18.4 Å². The standard InChI is InChI=1S/C36H64O14S/c1-18(2)20(11-14-48-33-30(42)28(40)31(49-33)24(17-37)47-6)8-7-19(3)26-27(39)29(41)32-35(26,5)13-10-25-34(4)12-9-21(38)15-22(34)23(16-36(25,32)43)50-51(44,45)46/h18-33,37-43H,7-17H2,1-6H3,(H,44,45,46)/p-1/t19-,20-,21+,22-,23+,24-,25-,26+,27-,28-,29+,30-,31+,32-,33-,34+,35-,36+/m1/s1. The summed E-state index contributed by atoms with van der Waals surface area (Å²) in [4.78, 5) is 0. The fourth-order valence-electron chi connectivity index (χ4n) is 12.0. The molecule has 0 bridgehead atoms. The summed E-state index contributed by atoms with van der Waals surface area (Å²) in [7, 11) is -3.74. The van der Waals surface area contributed by atoms with Crippen LogP contribution < -0.4 is 0 Å². The number of hydrogen-bond donors (Lipinski definition) is 7. The molecule has 51 heavy (non-hydrogen) atoms. The van der Waals surface area contributed by atoms with E-state index in [9.17, 15) is 48.7 Å². The van der Waals surface area contributed by atoms with Gasteiger partial charge < -0.3 is 54.5 Å². The molecule has 15 heteroatoms. The Morgan fingerprint density at radius 2 is 1.59 bits per heavy atom. The van der Waals surface area contributed by atoms with Gasteiger partial charge in [0.15, 0.2) is 6.29 Å². The number of fused-ring (bicyclic) bond motifs is 5. The average molecular weight is 752 g/mol. The van der Waals surface area contributed by atoms with E-state index in [1.54, 1.807) is 0 Å². The van der Waals surface area contributed by atoms with Crippen LogP contribution in [0.2, 0.25) is 0 Å². The van der Waals surface area contributed by atoms with Crippen LogP contribution >= 0.6 is 0 Å². The molecule has 0 aromatic carbocycles. The Hall–Kier alpha value is -0.530. The van der Waals surface area contributed by atoms with E-state index < -0.39 is 93.8 Å². The number of methoxy groups -OCH3 is 1. The van der Waals surface area contributed by atoms with E-state index in [0.717, 1.165) is 6.42 Å². The maximum atomic E-state index is 12.8. The van der Waals surface area contributed by atoms with Gasteiger partial charge in [-0.1, -0.05) is 41.0 Å². The van der Waals surface area contributed by atoms with Crippen molar-refractivity contribution in [2.45, 2.75) is 153 Å². The van der Waals surface area contributed by atoms with Crippen LogP contribution in [-0.4, -0.2) is 130 Å². The van der Waals surface area contributed by atoms with E-state index in [-0.39, 0.29) is 55.6 Å². The SMILES string of the molecule is CO[C@H](CO)[C@@H]1O[C@@H](OCC[C@@H](CC[C@@H](C)[C@H]2[C@@H](O)[C@H](O)[C@@H]3[C@]2(C)CC[C@@H]2[C@@]4(C)CC[C@H](O)C[C@@H]4[C@@H](OS(=O)(=O)[O-])C[C@]23O)C(C)C)[C@H](O)[C@H]1O. The van der Waals surface area contributed by atoms with E-state index in [1.807, 2.05) is 13.8 Å². The number of hydrogen-bond acceptors (Lipinski definition) is 14. The Kier molecular flexibility index (Phi) is 12.7. The highest BCUT2D eigenvalue weighted by Gasteiger charge is 2.73. The first-order valence-corrected chi connectivity index (χ1v) is 20.2. The summed E-state index contributed by atoms with van der Waals surface area (Å²) in [6, 6.07) is 0. The average Bonchev–Trinajstić information content (AvgIpc) is 3.43. The lowest BCUT2D eigenvalue weighted by atomic mass is 9.42. The van der Waals surface area contributed by atoms with E-state index in [0.29, 0.717) is 38.5 Å². The molecular weight excluding hydrogens is 688 g/mol. The Morgan fingerprint density at radius 1 is 0.922 bits per heavy atom. The van der Waals surface area contributed by atoms with Gasteiger partial charge in [-0.15, -0.1) is 0 Å². The van der Waals surface area contributed by atoms with Gasteiger partial charge >= 0.3 is 0 Å². The molecule has 0 unspecified atom stereocenters. The van der Waals surface area contributed by atoms with Crippen LogP contribution in [0.25, 0.3) is 0 Å². The fraction of sp³-hybridized carbons (Fsp3) is 1.00. The van der Waals surface area contributed by atoms with Crippen molar-refractivity contribution in [1.29, 1.82) is 0 Å². The third-order valence-electron chi connectivity index (χ3n) is 14.5. The molecule has 0 spiro atoms. The van der Waals surface area contributed by atoms with Crippen molar-refractivity contribution in [2.24, 2.45) is 52.3 Å². The molecule has 1 aliphatic heterocycles. The second kappa shape index (κ2) is 15.5. The van der Waals surface area contributed by atoms with Crippen molar-refractivity contribution in [2.75, 3.05) is 20.3 Å². The van der Waals surface area contributed by atoms with Crippen LogP contribution in [0.5, 0.6) is 0 Å². The first-order chi connectivity index (χ1) is 23.7. The first kappa shape index (κ1) is 41.6. The molecule has 0 radical (unpaired) electrons. The van der Waals surface area contributed by atoms with Crippen LogP contribution in [0.4, 0.5) is 0 Å². The van der Waals surface area contributed by atoms with Crippen LogP contribution in [0.3, 0.4) is 0 Å². The highest BCUT2D eigenvalue weighted by Crippen LogP contribution is 2.70. The minimum absolute atomic E-state index is 0.0573. The number of aliphatic hydroxyl groups excluding tert-OH is 6. The number of ether oxygens (including phenoxy) is 3. The normalized spacial score (nSPS) is 47.4. The molecule has 0 aromatic rings. The summed E-state index contributed by atoms with van der Waals surface area (Å²) in [5, 5.41) is 77.2. The second-order valence-corrected chi connectivity index (χ2v) is 18.5. The predicted octanol–water partition coefficient (Wildman–Crippen LogP) is 1.07. The Bertz CT molecular complexity index is 1280. The topological polar surface area (TPSA) is 236 Å². The summed E-state index contributed by atoms with van der Waals surface area (Å²) >= 11 is 0. The van der Waals surface area contributed by atoms with Crippen molar-refractivity contribution in [1.82, 2.24) is 0 Å². The fourth-order valence-corrected chi connectivity index (χ4v) is 12.5. The van der Waals surface area contributed by atoms with Crippen molar-refractivity contribution >= 4 is 10.4 Å². The highest BCUT2D eigenvalue weighted by atomic mass is 32.3. The quantitative estimate of drug-likeness (QED) is 0.0972. The van der Waals surface area contributed by atoms with Crippen molar-refractivity contribution in [3.05, 3.63) is 0 Å². The summed E-state index contributed by atoms with van der Waals surface area (Å²) in [6.07, 6.45) is -5.18. The Labute approximate surface area is 302 Å². The van der Waals surface area contributed by atoms with E-state index >= 15 is 0 Å². The molecule has 5 aliphatic rings. The van der Waals surface area contributed by atoms with Gasteiger partial charge in [0.1, 0.15) is 24.4 Å². The predicted molar refractivity (Wildman–Crippen MR) is 181 cm³/mol. The lowest BCUT2D eigenvalue weighted by Gasteiger charge is -2.66. The molecule has 7 N–H and O–H groups in total. The maximum Gasteiger partial charge on any atom is 0.217 e. The minimum atomic E-state index is -5.13. The largest absolute Gasteiger partial charge is 0.726 e. The maximum absolute atomic E-state index is 12.8. The number of aliphatic hydroxyl groups is 7. The minimum Gasteiger partial charge on any atom is -0.726 e. The van der Waals surface area contributed by atoms with Gasteiger partial charge in [-0.3, -0.25) is 4.18 Å². The summed E-state index contributed by atoms with van der Waals surface area (Å²) < 4.78 is 57.6. The lowest BCUT2D eigenvalue weighted by molar-refractivity contribution is -0.260. The van der Waals surface area contributed by atoms with Crippen LogP contribution in [0, 0.1) is 52.3 Å². The molecule has 1 saturated heterocycles. The monoisotopic (exact) mass is 751 g/mol. The van der Waals surface area contributed by atoms with Gasteiger partial charge in [-0.25, -0.2) is 8.42 Å². The van der Waals surface area contributed by atoms with Gasteiger partial charge in [-0.05, 0) is 91.3 Å². The Balaban J connectivity index is 1.28. The third-order valence-corrected chi connectivity index (χ3v) is 15.0. The summed E-state index contributed by atoms with van der Waals surface area (Å²) in [5.41, 5.74) is -2.95. The zero-order chi connectivity index (χ0) is 37.8. The van der Waals surface area contributed by atoms with Gasteiger partial charge in [0.2, 0.25) is 10.4 Å². The molecule has 0 amide bonds. The van der Waals surface area contributed by atoms with Crippen molar-refractivity contribution in [3.63, 3.8) is 0 Å². The van der Waals surface area contributed by atoms with Gasteiger partial charge in [0.25, 0.3) is 0 Å².